The first-order chi connectivity index (χ1) is 8.33. The van der Waals surface area contributed by atoms with E-state index in [2.05, 4.69) is 13.8 Å². The second-order valence-electron chi connectivity index (χ2n) is 5.80. The fraction of sp³-hybridized carbons (Fsp3) is 0.571. The minimum Gasteiger partial charge on any atom is -0.324 e. The van der Waals surface area contributed by atoms with Gasteiger partial charge >= 0.3 is 0 Å². The van der Waals surface area contributed by atoms with Crippen LogP contribution in [-0.2, 0) is 0 Å². The Hall–Kier alpha value is -0.670. The smallest absolute Gasteiger partial charge is 0.160 e. The van der Waals surface area contributed by atoms with Crippen LogP contribution in [0.1, 0.15) is 44.7 Å². The Morgan fingerprint density at radius 1 is 1.33 bits per heavy atom. The highest BCUT2D eigenvalue weighted by Gasteiger charge is 2.39. The molecule has 1 nitrogen and oxygen atoms in total. The second-order valence-corrected chi connectivity index (χ2v) is 6.21. The van der Waals surface area contributed by atoms with Crippen LogP contribution < -0.4 is 5.73 Å². The van der Waals surface area contributed by atoms with Crippen molar-refractivity contribution in [3.8, 4) is 0 Å². The van der Waals surface area contributed by atoms with Gasteiger partial charge in [0.05, 0.1) is 0 Å². The molecule has 18 heavy (non-hydrogen) atoms. The number of hydrogen-bond acceptors (Lipinski definition) is 1. The fourth-order valence-electron chi connectivity index (χ4n) is 3.03. The van der Waals surface area contributed by atoms with E-state index in [0.717, 1.165) is 31.4 Å². The summed E-state index contributed by atoms with van der Waals surface area (Å²) in [6.07, 6.45) is 3.23. The number of halogens is 3. The Morgan fingerprint density at radius 2 is 1.94 bits per heavy atom. The zero-order valence-corrected chi connectivity index (χ0v) is 11.4. The maximum atomic E-state index is 13.3. The van der Waals surface area contributed by atoms with E-state index < -0.39 is 11.6 Å². The van der Waals surface area contributed by atoms with Gasteiger partial charge in [0.1, 0.15) is 0 Å². The molecule has 0 amide bonds. The number of nitrogens with two attached hydrogens (primary N) is 1. The average Bonchev–Trinajstić information content (AvgIpc) is 2.62. The summed E-state index contributed by atoms with van der Waals surface area (Å²) in [4.78, 5) is 0. The molecule has 0 radical (unpaired) electrons. The van der Waals surface area contributed by atoms with Gasteiger partial charge in [-0.15, -0.1) is 0 Å². The molecule has 1 aromatic carbocycles. The monoisotopic (exact) mass is 273 g/mol. The van der Waals surface area contributed by atoms with Crippen LogP contribution in [0.3, 0.4) is 0 Å². The van der Waals surface area contributed by atoms with Gasteiger partial charge in [0.2, 0.25) is 0 Å². The fourth-order valence-corrected chi connectivity index (χ4v) is 3.31. The summed E-state index contributed by atoms with van der Waals surface area (Å²) in [5.74, 6) is -1.57. The Balaban J connectivity index is 2.34. The molecule has 1 aromatic rings. The van der Waals surface area contributed by atoms with Crippen molar-refractivity contribution in [3.05, 3.63) is 34.4 Å². The minimum atomic E-state index is -0.929. The topological polar surface area (TPSA) is 26.0 Å². The Morgan fingerprint density at radius 3 is 2.50 bits per heavy atom. The lowest BCUT2D eigenvalue weighted by molar-refractivity contribution is 0.222. The number of hydrogen-bond donors (Lipinski definition) is 1. The van der Waals surface area contributed by atoms with Crippen molar-refractivity contribution in [2.24, 2.45) is 17.1 Å². The Labute approximate surface area is 111 Å². The highest BCUT2D eigenvalue weighted by Crippen LogP contribution is 2.48. The van der Waals surface area contributed by atoms with E-state index in [0.29, 0.717) is 5.56 Å². The number of benzene rings is 1. The summed E-state index contributed by atoms with van der Waals surface area (Å²) in [7, 11) is 0. The molecule has 2 unspecified atom stereocenters. The van der Waals surface area contributed by atoms with Gasteiger partial charge in [0.15, 0.2) is 11.6 Å². The maximum absolute atomic E-state index is 13.3. The molecule has 2 atom stereocenters. The second kappa shape index (κ2) is 4.78. The Bertz CT molecular complexity index is 459. The van der Waals surface area contributed by atoms with Gasteiger partial charge in [-0.05, 0) is 41.9 Å². The van der Waals surface area contributed by atoms with Gasteiger partial charge in [-0.25, -0.2) is 8.78 Å². The summed E-state index contributed by atoms with van der Waals surface area (Å²) < 4.78 is 26.4. The maximum Gasteiger partial charge on any atom is 0.160 e. The van der Waals surface area contributed by atoms with Crippen LogP contribution in [0.25, 0.3) is 0 Å². The van der Waals surface area contributed by atoms with Gasteiger partial charge in [-0.3, -0.25) is 0 Å². The molecule has 2 rings (SSSR count). The summed E-state index contributed by atoms with van der Waals surface area (Å²) in [5, 5.41) is 0.212. The highest BCUT2D eigenvalue weighted by atomic mass is 35.5. The third-order valence-corrected chi connectivity index (χ3v) is 4.50. The first-order valence-electron chi connectivity index (χ1n) is 6.23. The zero-order valence-electron chi connectivity index (χ0n) is 10.6. The molecular weight excluding hydrogens is 256 g/mol. The molecule has 1 fully saturated rings. The standard InChI is InChI=1S/C14H18ClF2N/c1-14(2)5-3-4-9(14)13(18)8-6-11(16)12(17)7-10(8)15/h6-7,9,13H,3-5,18H2,1-2H3. The molecule has 0 saturated heterocycles. The van der Waals surface area contributed by atoms with Crippen LogP contribution in [0.4, 0.5) is 8.78 Å². The molecular formula is C14H18ClF2N. The summed E-state index contributed by atoms with van der Waals surface area (Å²) in [6, 6.07) is 1.80. The summed E-state index contributed by atoms with van der Waals surface area (Å²) >= 11 is 5.98. The van der Waals surface area contributed by atoms with E-state index in [1.807, 2.05) is 0 Å². The van der Waals surface area contributed by atoms with Crippen molar-refractivity contribution in [1.82, 2.24) is 0 Å². The van der Waals surface area contributed by atoms with E-state index in [9.17, 15) is 8.78 Å². The van der Waals surface area contributed by atoms with Crippen LogP contribution >= 0.6 is 11.6 Å². The molecule has 1 saturated carbocycles. The van der Waals surface area contributed by atoms with Crippen molar-refractivity contribution in [2.75, 3.05) is 0 Å². The SMILES string of the molecule is CC1(C)CCCC1C(N)c1cc(F)c(F)cc1Cl. The molecule has 1 aliphatic rings. The van der Waals surface area contributed by atoms with Crippen molar-refractivity contribution in [2.45, 2.75) is 39.2 Å². The van der Waals surface area contributed by atoms with Gasteiger partial charge < -0.3 is 5.73 Å². The van der Waals surface area contributed by atoms with Crippen molar-refractivity contribution < 1.29 is 8.78 Å². The van der Waals surface area contributed by atoms with Crippen molar-refractivity contribution in [1.29, 1.82) is 0 Å². The van der Waals surface area contributed by atoms with Gasteiger partial charge in [0.25, 0.3) is 0 Å². The molecule has 0 bridgehead atoms. The van der Waals surface area contributed by atoms with E-state index in [-0.39, 0.29) is 22.4 Å². The third-order valence-electron chi connectivity index (χ3n) is 4.17. The molecule has 0 spiro atoms. The Kier molecular flexibility index (Phi) is 3.65. The van der Waals surface area contributed by atoms with E-state index in [1.165, 1.54) is 0 Å². The van der Waals surface area contributed by atoms with Crippen molar-refractivity contribution in [3.63, 3.8) is 0 Å². The molecule has 1 aliphatic carbocycles. The minimum absolute atomic E-state index is 0.119. The first kappa shape index (κ1) is 13.8. The highest BCUT2D eigenvalue weighted by molar-refractivity contribution is 6.31. The predicted octanol–water partition coefficient (Wildman–Crippen LogP) is 4.44. The molecule has 100 valence electrons. The lowest BCUT2D eigenvalue weighted by Crippen LogP contribution is -2.30. The van der Waals surface area contributed by atoms with Gasteiger partial charge in [-0.2, -0.15) is 0 Å². The molecule has 2 N–H and O–H groups in total. The van der Waals surface area contributed by atoms with Crippen molar-refractivity contribution >= 4 is 11.6 Å². The van der Waals surface area contributed by atoms with Gasteiger partial charge in [0, 0.05) is 11.1 Å². The summed E-state index contributed by atoms with van der Waals surface area (Å²) in [6.45, 7) is 4.33. The van der Waals surface area contributed by atoms with Crippen LogP contribution in [0, 0.1) is 23.0 Å². The lowest BCUT2D eigenvalue weighted by Gasteiger charge is -2.32. The largest absolute Gasteiger partial charge is 0.324 e. The molecule has 0 aliphatic heterocycles. The normalized spacial score (nSPS) is 24.2. The summed E-state index contributed by atoms with van der Waals surface area (Å²) in [5.41, 5.74) is 6.85. The molecule has 0 aromatic heterocycles. The molecule has 0 heterocycles. The van der Waals surface area contributed by atoms with Crippen LogP contribution in [0.15, 0.2) is 12.1 Å². The molecule has 4 heteroatoms. The van der Waals surface area contributed by atoms with E-state index in [1.54, 1.807) is 0 Å². The van der Waals surface area contributed by atoms with Crippen LogP contribution in [-0.4, -0.2) is 0 Å². The predicted molar refractivity (Wildman–Crippen MR) is 69.4 cm³/mol. The number of rotatable bonds is 2. The lowest BCUT2D eigenvalue weighted by atomic mass is 9.76. The first-order valence-corrected chi connectivity index (χ1v) is 6.61. The quantitative estimate of drug-likeness (QED) is 0.792. The third kappa shape index (κ3) is 2.39. The van der Waals surface area contributed by atoms with E-state index >= 15 is 0 Å². The van der Waals surface area contributed by atoms with Gasteiger partial charge in [-0.1, -0.05) is 31.9 Å². The van der Waals surface area contributed by atoms with Crippen LogP contribution in [0.5, 0.6) is 0 Å². The van der Waals surface area contributed by atoms with E-state index in [4.69, 9.17) is 17.3 Å². The van der Waals surface area contributed by atoms with Crippen LogP contribution in [0.2, 0.25) is 5.02 Å². The zero-order chi connectivity index (χ0) is 13.5. The average molecular weight is 274 g/mol.